The van der Waals surface area contributed by atoms with Crippen molar-refractivity contribution in [3.05, 3.63) is 72.8 Å². The molecule has 0 amide bonds. The Morgan fingerprint density at radius 3 is 1.42 bits per heavy atom. The maximum absolute atomic E-state index is 11.8. The van der Waals surface area contributed by atoms with E-state index in [1.807, 2.05) is 39.8 Å². The first-order valence-electron chi connectivity index (χ1n) is 22.6. The van der Waals surface area contributed by atoms with Crippen LogP contribution in [0.25, 0.3) is 22.8 Å². The van der Waals surface area contributed by atoms with Crippen molar-refractivity contribution in [1.29, 1.82) is 0 Å². The molecule has 384 valence electrons. The first-order valence-corrected chi connectivity index (χ1v) is 28.0. The molecule has 7 aromatic rings. The molecule has 0 atom stereocenters. The molecule has 0 radical (unpaired) electrons. The minimum absolute atomic E-state index is 0.166. The molecule has 28 heteroatoms. The van der Waals surface area contributed by atoms with Crippen LogP contribution in [0, 0.1) is 0 Å². The third-order valence-electron chi connectivity index (χ3n) is 10.7. The van der Waals surface area contributed by atoms with Crippen LogP contribution in [0.2, 0.25) is 0 Å². The lowest BCUT2D eigenvalue weighted by atomic mass is 10.2. The molecule has 0 spiro atoms. The van der Waals surface area contributed by atoms with Crippen LogP contribution in [0.3, 0.4) is 0 Å². The molecule has 0 saturated heterocycles. The van der Waals surface area contributed by atoms with Gasteiger partial charge in [-0.25, -0.2) is 0 Å². The predicted octanol–water partition coefficient (Wildman–Crippen LogP) is 11.3. The normalized spacial score (nSPS) is 11.9. The van der Waals surface area contributed by atoms with E-state index in [4.69, 9.17) is 24.4 Å². The Morgan fingerprint density at radius 1 is 0.603 bits per heavy atom. The molecule has 0 aliphatic carbocycles. The van der Waals surface area contributed by atoms with Gasteiger partial charge in [0.15, 0.2) is 16.8 Å². The van der Waals surface area contributed by atoms with Gasteiger partial charge >= 0.3 is 0 Å². The minimum atomic E-state index is -4.46. The van der Waals surface area contributed by atoms with E-state index in [0.717, 1.165) is 53.0 Å². The number of nitrogens with zero attached hydrogens (tertiary/aromatic N) is 13. The number of hydrogen-bond donors (Lipinski definition) is 4. The highest BCUT2D eigenvalue weighted by atomic mass is 32.2. The molecule has 0 saturated carbocycles. The van der Waals surface area contributed by atoms with Gasteiger partial charge in [-0.15, -0.1) is 20.5 Å². The summed E-state index contributed by atoms with van der Waals surface area (Å²) in [4.78, 5) is 27.1. The van der Waals surface area contributed by atoms with Crippen molar-refractivity contribution in [3.8, 4) is 34.3 Å². The molecular formula is C45H51N15O8S5. The third-order valence-corrected chi connectivity index (χ3v) is 14.6. The lowest BCUT2D eigenvalue weighted by Crippen LogP contribution is -2.22. The first kappa shape index (κ1) is 54.0. The van der Waals surface area contributed by atoms with E-state index in [-0.39, 0.29) is 43.6 Å². The van der Waals surface area contributed by atoms with Gasteiger partial charge in [0, 0.05) is 78.3 Å². The number of ether oxygens (including phenoxy) is 2. The summed E-state index contributed by atoms with van der Waals surface area (Å²) in [7, 11) is -5.78. The largest absolute Gasteiger partial charge is 0.494 e. The van der Waals surface area contributed by atoms with Crippen LogP contribution in [-0.2, 0) is 20.2 Å². The fraction of sp³-hybridized carbons (Fsp3) is 0.311. The van der Waals surface area contributed by atoms with Crippen LogP contribution in [0.5, 0.6) is 11.5 Å². The number of methoxy groups -OCH3 is 2. The van der Waals surface area contributed by atoms with Crippen molar-refractivity contribution < 1.29 is 35.4 Å². The maximum atomic E-state index is 11.8. The zero-order valence-corrected chi connectivity index (χ0v) is 44.7. The van der Waals surface area contributed by atoms with Crippen molar-refractivity contribution in [2.75, 3.05) is 66.6 Å². The van der Waals surface area contributed by atoms with Gasteiger partial charge in [-0.05, 0) is 70.5 Å². The Bertz CT molecular complexity index is 3140. The Morgan fingerprint density at radius 2 is 1.04 bits per heavy atom. The van der Waals surface area contributed by atoms with Crippen molar-refractivity contribution >= 4 is 111 Å². The number of unbranched alkanes of at least 4 members (excludes halogenated alkanes) is 1. The van der Waals surface area contributed by atoms with Gasteiger partial charge in [0.1, 0.15) is 22.9 Å². The van der Waals surface area contributed by atoms with Crippen molar-refractivity contribution in [2.45, 2.75) is 62.4 Å². The van der Waals surface area contributed by atoms with Crippen LogP contribution in [0.15, 0.2) is 108 Å². The molecule has 0 fully saturated rings. The SMILES string of the molecule is CCCCSc1nc(Nc2cc(N(CC)CC)c(OC)cc2N=Nc2nc(-c3cccc(S(=O)(=O)O)c3)ns2)nc(Nc2cc(N(CC)CC)c(OC)cc2N=Nc2nc(-c3cccc(S(=O)(=O)O)c3)ns2)n1. The molecule has 0 bridgehead atoms. The highest BCUT2D eigenvalue weighted by Gasteiger charge is 2.21. The van der Waals surface area contributed by atoms with Crippen LogP contribution < -0.4 is 29.9 Å². The monoisotopic (exact) mass is 1090 g/mol. The quantitative estimate of drug-likeness (QED) is 0.0189. The second-order valence-electron chi connectivity index (χ2n) is 15.4. The van der Waals surface area contributed by atoms with E-state index in [2.05, 4.69) is 66.5 Å². The van der Waals surface area contributed by atoms with Crippen molar-refractivity contribution in [3.63, 3.8) is 0 Å². The van der Waals surface area contributed by atoms with Gasteiger partial charge in [-0.1, -0.05) is 49.4 Å². The molecule has 23 nitrogen and oxygen atoms in total. The summed E-state index contributed by atoms with van der Waals surface area (Å²) in [6.07, 6.45) is 1.87. The fourth-order valence-corrected chi connectivity index (χ4v) is 10.1. The van der Waals surface area contributed by atoms with Gasteiger partial charge in [-0.2, -0.15) is 50.5 Å². The topological polar surface area (TPSA) is 297 Å². The third kappa shape index (κ3) is 13.6. The first-order chi connectivity index (χ1) is 35.1. The Kier molecular flexibility index (Phi) is 17.9. The van der Waals surface area contributed by atoms with Gasteiger partial charge in [0.05, 0.1) is 46.8 Å². The summed E-state index contributed by atoms with van der Waals surface area (Å²) >= 11 is 3.35. The molecule has 3 aromatic heterocycles. The van der Waals surface area contributed by atoms with Gasteiger partial charge in [0.2, 0.25) is 22.2 Å². The Labute approximate surface area is 434 Å². The number of aromatic nitrogens is 7. The summed E-state index contributed by atoms with van der Waals surface area (Å²) in [6, 6.07) is 18.5. The highest BCUT2D eigenvalue weighted by Crippen LogP contribution is 2.43. The lowest BCUT2D eigenvalue weighted by Gasteiger charge is -2.25. The molecule has 4 N–H and O–H groups in total. The molecule has 4 aromatic carbocycles. The van der Waals surface area contributed by atoms with Crippen molar-refractivity contribution in [2.24, 2.45) is 20.5 Å². The molecular weight excluding hydrogens is 1040 g/mol. The van der Waals surface area contributed by atoms with Gasteiger partial charge in [-0.3, -0.25) is 9.11 Å². The van der Waals surface area contributed by atoms with Crippen LogP contribution >= 0.6 is 34.8 Å². The smallest absolute Gasteiger partial charge is 0.294 e. The zero-order chi connectivity index (χ0) is 52.3. The zero-order valence-electron chi connectivity index (χ0n) is 40.6. The molecule has 73 heavy (non-hydrogen) atoms. The second kappa shape index (κ2) is 24.3. The van der Waals surface area contributed by atoms with E-state index >= 15 is 0 Å². The van der Waals surface area contributed by atoms with E-state index in [9.17, 15) is 25.9 Å². The van der Waals surface area contributed by atoms with E-state index in [1.54, 1.807) is 38.5 Å². The highest BCUT2D eigenvalue weighted by molar-refractivity contribution is 7.99. The average Bonchev–Trinajstić information content (AvgIpc) is 4.07. The number of nitrogens with one attached hydrogen (secondary N) is 2. The molecule has 0 aliphatic heterocycles. The van der Waals surface area contributed by atoms with Crippen LogP contribution in [0.4, 0.5) is 56.3 Å². The standard InChI is InChI=1S/C45H51N15O8S5/c1-8-13-20-69-43-51-41(46-31-23-35(59(9-2)10-3)37(67-6)25-33(31)53-55-44-48-39(57-70-44)27-16-14-18-29(21-27)72(61,62)63)50-42(52-43)47-32-24-36(60(11-4)12-5)38(68-7)26-34(32)54-56-45-49-40(58-71-45)28-17-15-19-30(22-28)73(64,65)66/h14-19,21-26H,8-13,20H2,1-7H3,(H,61,62,63)(H,64,65,66)(H2,46,47,50,51,52). The molecule has 3 heterocycles. The van der Waals surface area contributed by atoms with E-state index < -0.39 is 20.2 Å². The lowest BCUT2D eigenvalue weighted by molar-refractivity contribution is 0.414. The summed E-state index contributed by atoms with van der Waals surface area (Å²) in [5.74, 6) is 2.50. The predicted molar refractivity (Wildman–Crippen MR) is 284 cm³/mol. The second-order valence-corrected chi connectivity index (χ2v) is 20.7. The van der Waals surface area contributed by atoms with E-state index in [0.29, 0.717) is 76.7 Å². The summed E-state index contributed by atoms with van der Waals surface area (Å²) in [5.41, 5.74) is 3.84. The van der Waals surface area contributed by atoms with E-state index in [1.165, 1.54) is 48.2 Å². The Balaban J connectivity index is 1.28. The van der Waals surface area contributed by atoms with Crippen LogP contribution in [-0.4, -0.2) is 106 Å². The summed E-state index contributed by atoms with van der Waals surface area (Å²) in [5, 5.41) is 25.5. The molecule has 7 rings (SSSR count). The number of rotatable bonds is 24. The molecule has 0 aliphatic rings. The Hall–Kier alpha value is -6.82. The van der Waals surface area contributed by atoms with Crippen LogP contribution in [0.1, 0.15) is 47.5 Å². The summed E-state index contributed by atoms with van der Waals surface area (Å²) in [6.45, 7) is 12.9. The van der Waals surface area contributed by atoms with Gasteiger partial charge < -0.3 is 29.9 Å². The van der Waals surface area contributed by atoms with Crippen molar-refractivity contribution in [1.82, 2.24) is 33.7 Å². The summed E-state index contributed by atoms with van der Waals surface area (Å²) < 4.78 is 86.9. The molecule has 0 unspecified atom stereocenters. The van der Waals surface area contributed by atoms with Gasteiger partial charge in [0.25, 0.3) is 20.2 Å². The maximum Gasteiger partial charge on any atom is 0.294 e. The number of azo groups is 2. The minimum Gasteiger partial charge on any atom is -0.494 e. The fourth-order valence-electron chi connectivity index (χ4n) is 7.04. The average molecular weight is 1090 g/mol. The number of anilines is 6. The number of thioether (sulfide) groups is 1. The number of benzene rings is 4. The number of hydrogen-bond acceptors (Lipinski definition) is 24.